The SMILES string of the molecule is C/C(=N\OCC(=O)NCc1ccco1)c1cc2ccccc2o1. The van der Waals surface area contributed by atoms with Crippen LogP contribution < -0.4 is 5.32 Å². The zero-order chi connectivity index (χ0) is 16.1. The van der Waals surface area contributed by atoms with Crippen molar-refractivity contribution < 1.29 is 18.5 Å². The highest BCUT2D eigenvalue weighted by molar-refractivity contribution is 5.99. The van der Waals surface area contributed by atoms with Crippen molar-refractivity contribution in [1.29, 1.82) is 0 Å². The number of furan rings is 2. The number of para-hydroxylation sites is 1. The van der Waals surface area contributed by atoms with Crippen LogP contribution in [0.2, 0.25) is 0 Å². The molecule has 0 radical (unpaired) electrons. The summed E-state index contributed by atoms with van der Waals surface area (Å²) in [5.74, 6) is 1.02. The number of rotatable bonds is 6. The van der Waals surface area contributed by atoms with Gasteiger partial charge in [0, 0.05) is 5.39 Å². The van der Waals surface area contributed by atoms with Crippen LogP contribution in [0, 0.1) is 0 Å². The van der Waals surface area contributed by atoms with E-state index < -0.39 is 0 Å². The van der Waals surface area contributed by atoms with Gasteiger partial charge in [-0.3, -0.25) is 4.79 Å². The number of nitrogens with one attached hydrogen (secondary N) is 1. The summed E-state index contributed by atoms with van der Waals surface area (Å²) in [5.41, 5.74) is 1.35. The molecule has 0 aliphatic heterocycles. The van der Waals surface area contributed by atoms with Crippen molar-refractivity contribution in [2.45, 2.75) is 13.5 Å². The lowest BCUT2D eigenvalue weighted by molar-refractivity contribution is -0.125. The minimum Gasteiger partial charge on any atom is -0.467 e. The van der Waals surface area contributed by atoms with Crippen LogP contribution in [-0.2, 0) is 16.2 Å². The number of carbonyl (C=O) groups is 1. The summed E-state index contributed by atoms with van der Waals surface area (Å²) in [6.45, 7) is 1.91. The van der Waals surface area contributed by atoms with Crippen LogP contribution in [-0.4, -0.2) is 18.2 Å². The van der Waals surface area contributed by atoms with Crippen molar-refractivity contribution in [3.63, 3.8) is 0 Å². The third kappa shape index (κ3) is 3.79. The number of hydrogen-bond acceptors (Lipinski definition) is 5. The topological polar surface area (TPSA) is 77.0 Å². The Morgan fingerprint density at radius 2 is 2.13 bits per heavy atom. The summed E-state index contributed by atoms with van der Waals surface area (Å²) in [4.78, 5) is 16.7. The molecule has 1 amide bonds. The molecular weight excluding hydrogens is 296 g/mol. The molecule has 2 heterocycles. The van der Waals surface area contributed by atoms with Gasteiger partial charge in [-0.2, -0.15) is 0 Å². The normalized spacial score (nSPS) is 11.6. The molecular formula is C17H16N2O4. The molecule has 0 atom stereocenters. The second kappa shape index (κ2) is 6.83. The van der Waals surface area contributed by atoms with E-state index in [2.05, 4.69) is 10.5 Å². The van der Waals surface area contributed by atoms with Crippen LogP contribution in [0.5, 0.6) is 0 Å². The molecule has 0 saturated heterocycles. The first-order valence-electron chi connectivity index (χ1n) is 7.17. The molecule has 118 valence electrons. The Bertz CT molecular complexity index is 785. The van der Waals surface area contributed by atoms with Crippen molar-refractivity contribution in [2.24, 2.45) is 5.16 Å². The molecule has 2 aromatic heterocycles. The monoisotopic (exact) mass is 312 g/mol. The number of carbonyl (C=O) groups excluding carboxylic acids is 1. The zero-order valence-electron chi connectivity index (χ0n) is 12.6. The Labute approximate surface area is 132 Å². The van der Waals surface area contributed by atoms with E-state index in [1.807, 2.05) is 30.3 Å². The smallest absolute Gasteiger partial charge is 0.261 e. The van der Waals surface area contributed by atoms with E-state index in [0.29, 0.717) is 23.8 Å². The summed E-state index contributed by atoms with van der Waals surface area (Å²) < 4.78 is 10.8. The van der Waals surface area contributed by atoms with E-state index in [1.54, 1.807) is 25.3 Å². The summed E-state index contributed by atoms with van der Waals surface area (Å²) in [6.07, 6.45) is 1.55. The van der Waals surface area contributed by atoms with Gasteiger partial charge >= 0.3 is 0 Å². The molecule has 0 aliphatic carbocycles. The number of benzene rings is 1. The van der Waals surface area contributed by atoms with Crippen LogP contribution >= 0.6 is 0 Å². The van der Waals surface area contributed by atoms with Gasteiger partial charge in [0.15, 0.2) is 12.4 Å². The molecule has 6 heteroatoms. The predicted octanol–water partition coefficient (Wildman–Crippen LogP) is 3.08. The van der Waals surface area contributed by atoms with Crippen LogP contribution in [0.4, 0.5) is 0 Å². The quantitative estimate of drug-likeness (QED) is 0.560. The third-order valence-electron chi connectivity index (χ3n) is 3.22. The Balaban J connectivity index is 1.51. The van der Waals surface area contributed by atoms with Gasteiger partial charge in [0.05, 0.1) is 12.8 Å². The molecule has 0 bridgehead atoms. The van der Waals surface area contributed by atoms with E-state index in [4.69, 9.17) is 13.7 Å². The number of amides is 1. The Morgan fingerprint density at radius 3 is 2.91 bits per heavy atom. The lowest BCUT2D eigenvalue weighted by Crippen LogP contribution is -2.26. The largest absolute Gasteiger partial charge is 0.467 e. The van der Waals surface area contributed by atoms with E-state index in [-0.39, 0.29) is 12.5 Å². The second-order valence-electron chi connectivity index (χ2n) is 4.95. The van der Waals surface area contributed by atoms with E-state index in [9.17, 15) is 4.79 Å². The Kier molecular flexibility index (Phi) is 4.42. The van der Waals surface area contributed by atoms with E-state index in [1.165, 1.54) is 0 Å². The highest BCUT2D eigenvalue weighted by Gasteiger charge is 2.07. The van der Waals surface area contributed by atoms with Crippen molar-refractivity contribution >= 4 is 22.6 Å². The number of nitrogens with zero attached hydrogens (tertiary/aromatic N) is 1. The van der Waals surface area contributed by atoms with Crippen molar-refractivity contribution in [2.75, 3.05) is 6.61 Å². The molecule has 0 unspecified atom stereocenters. The van der Waals surface area contributed by atoms with Gasteiger partial charge in [-0.05, 0) is 31.2 Å². The number of hydrogen-bond donors (Lipinski definition) is 1. The molecule has 3 rings (SSSR count). The summed E-state index contributed by atoms with van der Waals surface area (Å²) in [5, 5.41) is 7.58. The van der Waals surface area contributed by atoms with Crippen LogP contribution in [0.15, 0.2) is 62.7 Å². The van der Waals surface area contributed by atoms with Crippen molar-refractivity contribution in [3.8, 4) is 0 Å². The highest BCUT2D eigenvalue weighted by atomic mass is 16.6. The first-order valence-corrected chi connectivity index (χ1v) is 7.17. The molecule has 0 aliphatic rings. The molecule has 0 saturated carbocycles. The van der Waals surface area contributed by atoms with Gasteiger partial charge in [0.1, 0.15) is 17.1 Å². The van der Waals surface area contributed by atoms with Crippen LogP contribution in [0.3, 0.4) is 0 Å². The standard InChI is InChI=1S/C17H16N2O4/c1-12(16-9-13-5-2-3-7-15(13)23-16)19-22-11-17(20)18-10-14-6-4-8-21-14/h2-9H,10-11H2,1H3,(H,18,20)/b19-12+. The summed E-state index contributed by atoms with van der Waals surface area (Å²) in [7, 11) is 0. The maximum atomic E-state index is 11.6. The minimum absolute atomic E-state index is 0.168. The highest BCUT2D eigenvalue weighted by Crippen LogP contribution is 2.19. The van der Waals surface area contributed by atoms with Gasteiger partial charge in [-0.25, -0.2) is 0 Å². The Hall–Kier alpha value is -3.02. The molecule has 3 aromatic rings. The number of fused-ring (bicyclic) bond motifs is 1. The van der Waals surface area contributed by atoms with E-state index >= 15 is 0 Å². The van der Waals surface area contributed by atoms with Gasteiger partial charge in [0.25, 0.3) is 5.91 Å². The predicted molar refractivity (Wildman–Crippen MR) is 84.9 cm³/mol. The second-order valence-corrected chi connectivity index (χ2v) is 4.95. The van der Waals surface area contributed by atoms with Crippen LogP contribution in [0.1, 0.15) is 18.4 Å². The zero-order valence-corrected chi connectivity index (χ0v) is 12.6. The lowest BCUT2D eigenvalue weighted by Gasteiger charge is -2.02. The fourth-order valence-electron chi connectivity index (χ4n) is 2.04. The van der Waals surface area contributed by atoms with Gasteiger partial charge in [-0.15, -0.1) is 0 Å². The molecule has 1 N–H and O–H groups in total. The minimum atomic E-state index is -0.275. The Morgan fingerprint density at radius 1 is 1.26 bits per heavy atom. The maximum absolute atomic E-state index is 11.6. The van der Waals surface area contributed by atoms with Crippen molar-refractivity contribution in [3.05, 3.63) is 60.2 Å². The van der Waals surface area contributed by atoms with Gasteiger partial charge in [0.2, 0.25) is 0 Å². The first-order chi connectivity index (χ1) is 11.2. The maximum Gasteiger partial charge on any atom is 0.261 e. The average Bonchev–Trinajstić information content (AvgIpc) is 3.22. The molecule has 23 heavy (non-hydrogen) atoms. The molecule has 1 aromatic carbocycles. The lowest BCUT2D eigenvalue weighted by atomic mass is 10.2. The first kappa shape index (κ1) is 14.9. The van der Waals surface area contributed by atoms with Crippen molar-refractivity contribution in [1.82, 2.24) is 5.32 Å². The van der Waals surface area contributed by atoms with Crippen LogP contribution in [0.25, 0.3) is 11.0 Å². The van der Waals surface area contributed by atoms with Gasteiger partial charge in [-0.1, -0.05) is 23.4 Å². The van der Waals surface area contributed by atoms with Gasteiger partial charge < -0.3 is 19.0 Å². The molecule has 6 nitrogen and oxygen atoms in total. The summed E-state index contributed by atoms with van der Waals surface area (Å²) >= 11 is 0. The van der Waals surface area contributed by atoms with E-state index in [0.717, 1.165) is 11.0 Å². The fourth-order valence-corrected chi connectivity index (χ4v) is 2.04. The molecule has 0 fully saturated rings. The number of oxime groups is 1. The average molecular weight is 312 g/mol. The third-order valence-corrected chi connectivity index (χ3v) is 3.22. The fraction of sp³-hybridized carbons (Fsp3) is 0.176. The summed E-state index contributed by atoms with van der Waals surface area (Å²) in [6, 6.07) is 13.1. The molecule has 0 spiro atoms.